The van der Waals surface area contributed by atoms with Gasteiger partial charge in [-0.3, -0.25) is 0 Å². The molecule has 2 aromatic rings. The highest BCUT2D eigenvalue weighted by molar-refractivity contribution is 7.89. The Kier molecular flexibility index (Phi) is 3.82. The van der Waals surface area contributed by atoms with Gasteiger partial charge in [0.2, 0.25) is 10.0 Å². The van der Waals surface area contributed by atoms with Gasteiger partial charge in [-0.05, 0) is 37.1 Å². The molecule has 0 aliphatic heterocycles. The summed E-state index contributed by atoms with van der Waals surface area (Å²) in [6.07, 6.45) is 5.09. The summed E-state index contributed by atoms with van der Waals surface area (Å²) >= 11 is 0. The molecule has 3 rings (SSSR count). The van der Waals surface area contributed by atoms with E-state index in [0.29, 0.717) is 11.0 Å². The van der Waals surface area contributed by atoms with Crippen molar-refractivity contribution in [1.82, 2.24) is 4.72 Å². The second-order valence-electron chi connectivity index (χ2n) is 5.41. The Hall–Kier alpha value is -1.66. The third-order valence-electron chi connectivity index (χ3n) is 3.83. The lowest BCUT2D eigenvalue weighted by atomic mass is 9.96. The quantitative estimate of drug-likeness (QED) is 0.883. The van der Waals surface area contributed by atoms with Crippen molar-refractivity contribution in [1.29, 1.82) is 0 Å². The first-order valence-corrected chi connectivity index (χ1v) is 8.59. The molecule has 1 saturated carbocycles. The molecule has 1 aliphatic carbocycles. The minimum atomic E-state index is -3.53. The summed E-state index contributed by atoms with van der Waals surface area (Å²) in [7, 11) is -3.53. The average molecular weight is 307 g/mol. The number of sulfonamides is 1. The smallest absolute Gasteiger partial charge is 0.336 e. The Morgan fingerprint density at radius 2 is 1.81 bits per heavy atom. The molecule has 0 atom stereocenters. The lowest BCUT2D eigenvalue weighted by molar-refractivity contribution is 0.412. The van der Waals surface area contributed by atoms with Gasteiger partial charge in [0.1, 0.15) is 5.58 Å². The summed E-state index contributed by atoms with van der Waals surface area (Å²) in [5.74, 6) is 0. The van der Waals surface area contributed by atoms with E-state index >= 15 is 0 Å². The van der Waals surface area contributed by atoms with Gasteiger partial charge in [-0.15, -0.1) is 0 Å². The summed E-state index contributed by atoms with van der Waals surface area (Å²) < 4.78 is 32.6. The maximum Gasteiger partial charge on any atom is 0.336 e. The zero-order valence-electron chi connectivity index (χ0n) is 11.5. The minimum Gasteiger partial charge on any atom is -0.423 e. The molecule has 1 N–H and O–H groups in total. The first kappa shape index (κ1) is 14.3. The van der Waals surface area contributed by atoms with Crippen molar-refractivity contribution >= 4 is 21.0 Å². The fourth-order valence-corrected chi connectivity index (χ4v) is 4.06. The Balaban J connectivity index is 1.90. The van der Waals surface area contributed by atoms with Crippen LogP contribution < -0.4 is 10.3 Å². The maximum atomic E-state index is 12.4. The van der Waals surface area contributed by atoms with E-state index in [1.807, 2.05) is 0 Å². The van der Waals surface area contributed by atoms with Crippen LogP contribution in [0.15, 0.2) is 44.4 Å². The van der Waals surface area contributed by atoms with Crippen molar-refractivity contribution in [2.45, 2.75) is 43.0 Å². The molecular formula is C15H17NO4S. The lowest BCUT2D eigenvalue weighted by Crippen LogP contribution is -2.36. The van der Waals surface area contributed by atoms with Crippen molar-refractivity contribution in [3.63, 3.8) is 0 Å². The van der Waals surface area contributed by atoms with Crippen molar-refractivity contribution in [2.75, 3.05) is 0 Å². The number of hydrogen-bond acceptors (Lipinski definition) is 4. The zero-order chi connectivity index (χ0) is 14.9. The topological polar surface area (TPSA) is 76.4 Å². The van der Waals surface area contributed by atoms with Crippen LogP contribution in [0, 0.1) is 0 Å². The molecular weight excluding hydrogens is 290 g/mol. The molecule has 0 spiro atoms. The third kappa shape index (κ3) is 3.16. The molecule has 112 valence electrons. The fraction of sp³-hybridized carbons (Fsp3) is 0.400. The molecule has 0 bridgehead atoms. The van der Waals surface area contributed by atoms with Gasteiger partial charge in [-0.25, -0.2) is 17.9 Å². The molecule has 0 saturated heterocycles. The number of rotatable bonds is 3. The molecule has 5 nitrogen and oxygen atoms in total. The summed E-state index contributed by atoms with van der Waals surface area (Å²) in [6, 6.07) is 7.40. The number of hydrogen-bond donors (Lipinski definition) is 1. The van der Waals surface area contributed by atoms with E-state index in [9.17, 15) is 13.2 Å². The maximum absolute atomic E-state index is 12.4. The van der Waals surface area contributed by atoms with Gasteiger partial charge < -0.3 is 4.42 Å². The van der Waals surface area contributed by atoms with Crippen LogP contribution in [0.2, 0.25) is 0 Å². The predicted molar refractivity (Wildman–Crippen MR) is 79.7 cm³/mol. The predicted octanol–water partition coefficient (Wildman–Crippen LogP) is 2.40. The van der Waals surface area contributed by atoms with Crippen LogP contribution in [0.1, 0.15) is 32.1 Å². The van der Waals surface area contributed by atoms with E-state index in [2.05, 4.69) is 4.72 Å². The lowest BCUT2D eigenvalue weighted by Gasteiger charge is -2.22. The molecule has 6 heteroatoms. The largest absolute Gasteiger partial charge is 0.423 e. The first-order valence-electron chi connectivity index (χ1n) is 7.11. The van der Waals surface area contributed by atoms with Crippen LogP contribution in [-0.4, -0.2) is 14.5 Å². The van der Waals surface area contributed by atoms with Crippen LogP contribution >= 0.6 is 0 Å². The molecule has 1 aliphatic rings. The van der Waals surface area contributed by atoms with E-state index in [0.717, 1.165) is 25.7 Å². The van der Waals surface area contributed by atoms with Crippen LogP contribution in [-0.2, 0) is 10.0 Å². The average Bonchev–Trinajstić information content (AvgIpc) is 2.47. The second-order valence-corrected chi connectivity index (χ2v) is 7.12. The van der Waals surface area contributed by atoms with Crippen LogP contribution in [0.25, 0.3) is 11.0 Å². The van der Waals surface area contributed by atoms with Crippen molar-refractivity contribution < 1.29 is 12.8 Å². The van der Waals surface area contributed by atoms with Crippen LogP contribution in [0.3, 0.4) is 0 Å². The van der Waals surface area contributed by atoms with Gasteiger partial charge in [0, 0.05) is 17.5 Å². The fourth-order valence-electron chi connectivity index (χ4n) is 2.73. The Labute approximate surface area is 123 Å². The molecule has 1 aromatic heterocycles. The number of fused-ring (bicyclic) bond motifs is 1. The number of benzene rings is 1. The molecule has 0 unspecified atom stereocenters. The molecule has 1 heterocycles. The Morgan fingerprint density at radius 1 is 1.05 bits per heavy atom. The van der Waals surface area contributed by atoms with Gasteiger partial charge >= 0.3 is 5.63 Å². The van der Waals surface area contributed by atoms with Crippen LogP contribution in [0.4, 0.5) is 0 Å². The van der Waals surface area contributed by atoms with Gasteiger partial charge in [-0.1, -0.05) is 19.3 Å². The molecule has 0 amide bonds. The number of nitrogens with one attached hydrogen (secondary N) is 1. The first-order chi connectivity index (χ1) is 10.0. The third-order valence-corrected chi connectivity index (χ3v) is 5.35. The van der Waals surface area contributed by atoms with Gasteiger partial charge in [0.25, 0.3) is 0 Å². The highest BCUT2D eigenvalue weighted by Crippen LogP contribution is 2.22. The monoisotopic (exact) mass is 307 g/mol. The highest BCUT2D eigenvalue weighted by Gasteiger charge is 2.22. The van der Waals surface area contributed by atoms with Crippen molar-refractivity contribution in [3.05, 3.63) is 40.8 Å². The summed E-state index contributed by atoms with van der Waals surface area (Å²) in [5, 5.41) is 0.598. The Morgan fingerprint density at radius 3 is 2.57 bits per heavy atom. The van der Waals surface area contributed by atoms with Gasteiger partial charge in [0.15, 0.2) is 0 Å². The second kappa shape index (κ2) is 5.61. The SMILES string of the molecule is O=c1ccc2cc(S(=O)(=O)NC3CCCCC3)ccc2o1. The van der Waals surface area contributed by atoms with Crippen molar-refractivity contribution in [2.24, 2.45) is 0 Å². The van der Waals surface area contributed by atoms with E-state index in [4.69, 9.17) is 4.42 Å². The summed E-state index contributed by atoms with van der Waals surface area (Å²) in [6.45, 7) is 0. The minimum absolute atomic E-state index is 0.0214. The van der Waals surface area contributed by atoms with Gasteiger partial charge in [-0.2, -0.15) is 0 Å². The summed E-state index contributed by atoms with van der Waals surface area (Å²) in [4.78, 5) is 11.3. The van der Waals surface area contributed by atoms with Crippen LogP contribution in [0.5, 0.6) is 0 Å². The van der Waals surface area contributed by atoms with Crippen molar-refractivity contribution in [3.8, 4) is 0 Å². The standard InChI is InChI=1S/C15H17NO4S/c17-15-9-6-11-10-13(7-8-14(11)20-15)21(18,19)16-12-4-2-1-3-5-12/h6-10,12,16H,1-5H2. The van der Waals surface area contributed by atoms with E-state index in [1.165, 1.54) is 30.7 Å². The molecule has 1 fully saturated rings. The van der Waals surface area contributed by atoms with E-state index in [-0.39, 0.29) is 10.9 Å². The normalized spacial score (nSPS) is 17.1. The molecule has 21 heavy (non-hydrogen) atoms. The Bertz CT molecular complexity index is 804. The van der Waals surface area contributed by atoms with E-state index in [1.54, 1.807) is 6.07 Å². The van der Waals surface area contributed by atoms with Gasteiger partial charge in [0.05, 0.1) is 4.90 Å². The molecule has 1 aromatic carbocycles. The zero-order valence-corrected chi connectivity index (χ0v) is 12.4. The highest BCUT2D eigenvalue weighted by atomic mass is 32.2. The van der Waals surface area contributed by atoms with E-state index < -0.39 is 15.6 Å². The molecule has 0 radical (unpaired) electrons. The summed E-state index contributed by atoms with van der Waals surface area (Å²) in [5.41, 5.74) is -0.0578.